The Labute approximate surface area is 123 Å². The molecule has 19 heavy (non-hydrogen) atoms. The molecule has 0 spiro atoms. The molecular formula is C12H20N2O2S3. The van der Waals surface area contributed by atoms with Gasteiger partial charge in [0, 0.05) is 16.2 Å². The molecular weight excluding hydrogens is 300 g/mol. The third kappa shape index (κ3) is 3.52. The van der Waals surface area contributed by atoms with Gasteiger partial charge in [-0.15, -0.1) is 11.3 Å². The second-order valence-electron chi connectivity index (χ2n) is 4.82. The van der Waals surface area contributed by atoms with Crippen LogP contribution in [-0.2, 0) is 16.4 Å². The fraction of sp³-hybridized carbons (Fsp3) is 0.667. The summed E-state index contributed by atoms with van der Waals surface area (Å²) in [4.78, 5) is 1.02. The Morgan fingerprint density at radius 1 is 1.47 bits per heavy atom. The number of sulfonamides is 1. The van der Waals surface area contributed by atoms with Gasteiger partial charge in [0.2, 0.25) is 10.0 Å². The van der Waals surface area contributed by atoms with Gasteiger partial charge in [-0.2, -0.15) is 11.8 Å². The van der Waals surface area contributed by atoms with Crippen LogP contribution in [0.2, 0.25) is 0 Å². The van der Waals surface area contributed by atoms with Crippen molar-refractivity contribution in [1.82, 2.24) is 4.72 Å². The summed E-state index contributed by atoms with van der Waals surface area (Å²) >= 11 is 3.08. The first-order chi connectivity index (χ1) is 9.01. The molecule has 1 saturated carbocycles. The summed E-state index contributed by atoms with van der Waals surface area (Å²) < 4.78 is 27.7. The van der Waals surface area contributed by atoms with E-state index in [4.69, 9.17) is 5.73 Å². The topological polar surface area (TPSA) is 72.2 Å². The lowest BCUT2D eigenvalue weighted by Gasteiger charge is -2.40. The van der Waals surface area contributed by atoms with Gasteiger partial charge in [-0.1, -0.05) is 6.42 Å². The van der Waals surface area contributed by atoms with E-state index in [2.05, 4.69) is 11.0 Å². The standard InChI is InChI=1S/C12H20N2O2S3/c1-17-12(6-2-7-12)9-14-19(15,16)11-4-3-10(18-11)5-8-13/h3-4,14H,2,5-9,13H2,1H3. The van der Waals surface area contributed by atoms with Gasteiger partial charge in [-0.25, -0.2) is 13.1 Å². The van der Waals surface area contributed by atoms with Crippen LogP contribution in [0.25, 0.3) is 0 Å². The molecule has 0 aromatic carbocycles. The molecule has 0 aliphatic heterocycles. The van der Waals surface area contributed by atoms with E-state index >= 15 is 0 Å². The van der Waals surface area contributed by atoms with Crippen molar-refractivity contribution in [3.05, 3.63) is 17.0 Å². The average molecular weight is 321 g/mol. The summed E-state index contributed by atoms with van der Waals surface area (Å²) in [5.74, 6) is 0. The van der Waals surface area contributed by atoms with Crippen molar-refractivity contribution in [2.45, 2.75) is 34.6 Å². The molecule has 0 atom stereocenters. The molecule has 7 heteroatoms. The van der Waals surface area contributed by atoms with Crippen LogP contribution in [-0.4, -0.2) is 32.5 Å². The predicted octanol–water partition coefficient (Wildman–Crippen LogP) is 1.81. The fourth-order valence-electron chi connectivity index (χ4n) is 2.10. The zero-order valence-corrected chi connectivity index (χ0v) is 13.5. The zero-order valence-electron chi connectivity index (χ0n) is 11.0. The Morgan fingerprint density at radius 2 is 2.21 bits per heavy atom. The summed E-state index contributed by atoms with van der Waals surface area (Å²) in [6.07, 6.45) is 6.17. The van der Waals surface area contributed by atoms with Crippen LogP contribution in [0.3, 0.4) is 0 Å². The second kappa shape index (κ2) is 6.13. The van der Waals surface area contributed by atoms with Gasteiger partial charge in [-0.05, 0) is 44.2 Å². The summed E-state index contributed by atoms with van der Waals surface area (Å²) in [5.41, 5.74) is 5.48. The summed E-state index contributed by atoms with van der Waals surface area (Å²) in [7, 11) is -3.36. The quantitative estimate of drug-likeness (QED) is 0.804. The molecule has 0 bridgehead atoms. The largest absolute Gasteiger partial charge is 0.330 e. The normalized spacial score (nSPS) is 18.2. The van der Waals surface area contributed by atoms with E-state index < -0.39 is 10.0 Å². The molecule has 1 heterocycles. The Bertz CT molecular complexity index is 515. The second-order valence-corrected chi connectivity index (χ2v) is 9.26. The van der Waals surface area contributed by atoms with E-state index in [0.717, 1.165) is 24.1 Å². The molecule has 1 aromatic rings. The lowest BCUT2D eigenvalue weighted by molar-refractivity contribution is 0.362. The highest BCUT2D eigenvalue weighted by Gasteiger charge is 2.37. The highest BCUT2D eigenvalue weighted by Crippen LogP contribution is 2.42. The zero-order chi connectivity index (χ0) is 13.9. The van der Waals surface area contributed by atoms with E-state index in [0.29, 0.717) is 17.3 Å². The monoisotopic (exact) mass is 320 g/mol. The molecule has 0 radical (unpaired) electrons. The Kier molecular flexibility index (Phi) is 4.94. The van der Waals surface area contributed by atoms with E-state index in [9.17, 15) is 8.42 Å². The van der Waals surface area contributed by atoms with Crippen molar-refractivity contribution in [2.75, 3.05) is 19.3 Å². The Morgan fingerprint density at radius 3 is 2.74 bits per heavy atom. The number of thioether (sulfide) groups is 1. The average Bonchev–Trinajstić information content (AvgIpc) is 2.78. The third-order valence-corrected chi connectivity index (χ3v) is 8.03. The first-order valence-corrected chi connectivity index (χ1v) is 9.87. The number of nitrogens with one attached hydrogen (secondary N) is 1. The number of nitrogens with two attached hydrogens (primary N) is 1. The molecule has 0 amide bonds. The van der Waals surface area contributed by atoms with E-state index in [1.807, 2.05) is 6.07 Å². The first kappa shape index (κ1) is 15.3. The van der Waals surface area contributed by atoms with Crippen molar-refractivity contribution in [2.24, 2.45) is 5.73 Å². The summed E-state index contributed by atoms with van der Waals surface area (Å²) in [5, 5.41) is 0. The molecule has 1 aliphatic carbocycles. The van der Waals surface area contributed by atoms with Crippen LogP contribution in [0.15, 0.2) is 16.3 Å². The maximum Gasteiger partial charge on any atom is 0.250 e. The molecule has 2 rings (SSSR count). The number of hydrogen-bond acceptors (Lipinski definition) is 5. The predicted molar refractivity (Wildman–Crippen MR) is 82.4 cm³/mol. The lowest BCUT2D eigenvalue weighted by atomic mass is 9.84. The van der Waals surface area contributed by atoms with Crippen molar-refractivity contribution in [3.8, 4) is 0 Å². The van der Waals surface area contributed by atoms with E-state index in [1.165, 1.54) is 17.8 Å². The lowest BCUT2D eigenvalue weighted by Crippen LogP contribution is -2.45. The highest BCUT2D eigenvalue weighted by molar-refractivity contribution is 8.00. The Hall–Kier alpha value is -0.0800. The minimum Gasteiger partial charge on any atom is -0.330 e. The molecule has 0 unspecified atom stereocenters. The maximum absolute atomic E-state index is 12.2. The van der Waals surface area contributed by atoms with Crippen LogP contribution in [0.1, 0.15) is 24.1 Å². The van der Waals surface area contributed by atoms with Crippen LogP contribution in [0.4, 0.5) is 0 Å². The molecule has 1 aliphatic rings. The molecule has 1 aromatic heterocycles. The number of hydrogen-bond donors (Lipinski definition) is 2. The first-order valence-electron chi connectivity index (χ1n) is 6.35. The molecule has 108 valence electrons. The van der Waals surface area contributed by atoms with Crippen molar-refractivity contribution in [1.29, 1.82) is 0 Å². The van der Waals surface area contributed by atoms with Gasteiger partial charge in [0.15, 0.2) is 0 Å². The van der Waals surface area contributed by atoms with Gasteiger partial charge in [0.25, 0.3) is 0 Å². The number of rotatable bonds is 7. The Balaban J connectivity index is 2.01. The van der Waals surface area contributed by atoms with Crippen molar-refractivity contribution < 1.29 is 8.42 Å². The van der Waals surface area contributed by atoms with Crippen LogP contribution in [0, 0.1) is 0 Å². The van der Waals surface area contributed by atoms with Crippen LogP contribution >= 0.6 is 23.1 Å². The smallest absolute Gasteiger partial charge is 0.250 e. The molecule has 3 N–H and O–H groups in total. The van der Waals surface area contributed by atoms with Gasteiger partial charge in [0.05, 0.1) is 0 Å². The van der Waals surface area contributed by atoms with Gasteiger partial charge >= 0.3 is 0 Å². The maximum atomic E-state index is 12.2. The van der Waals surface area contributed by atoms with E-state index in [1.54, 1.807) is 17.8 Å². The summed E-state index contributed by atoms with van der Waals surface area (Å²) in [6, 6.07) is 3.52. The van der Waals surface area contributed by atoms with Gasteiger partial charge in [0.1, 0.15) is 4.21 Å². The van der Waals surface area contributed by atoms with E-state index in [-0.39, 0.29) is 4.75 Å². The minimum absolute atomic E-state index is 0.115. The minimum atomic E-state index is -3.36. The highest BCUT2D eigenvalue weighted by atomic mass is 32.2. The molecule has 0 saturated heterocycles. The summed E-state index contributed by atoms with van der Waals surface area (Å²) in [6.45, 7) is 1.07. The fourth-order valence-corrected chi connectivity index (χ4v) is 5.65. The SMILES string of the molecule is CSC1(CNS(=O)(=O)c2ccc(CCN)s2)CCC1. The van der Waals surface area contributed by atoms with Crippen molar-refractivity contribution in [3.63, 3.8) is 0 Å². The van der Waals surface area contributed by atoms with Crippen molar-refractivity contribution >= 4 is 33.1 Å². The van der Waals surface area contributed by atoms with Gasteiger partial charge in [-0.3, -0.25) is 0 Å². The molecule has 4 nitrogen and oxygen atoms in total. The van der Waals surface area contributed by atoms with Crippen LogP contribution in [0.5, 0.6) is 0 Å². The third-order valence-electron chi connectivity index (χ3n) is 3.57. The van der Waals surface area contributed by atoms with Gasteiger partial charge < -0.3 is 5.73 Å². The number of thiophene rings is 1. The van der Waals surface area contributed by atoms with Crippen LogP contribution < -0.4 is 10.5 Å². The molecule has 1 fully saturated rings.